The fourth-order valence-corrected chi connectivity index (χ4v) is 2.35. The first-order valence-electron chi connectivity index (χ1n) is 6.65. The molecule has 0 fully saturated rings. The maximum Gasteiger partial charge on any atom is 0.187 e. The van der Waals surface area contributed by atoms with E-state index in [0.29, 0.717) is 12.1 Å². The number of ketones is 1. The number of hydrogen-bond acceptors (Lipinski definition) is 3. The Balaban J connectivity index is 1.78. The average molecular weight is 264 g/mol. The van der Waals surface area contributed by atoms with E-state index in [1.807, 2.05) is 42.5 Å². The van der Waals surface area contributed by atoms with Gasteiger partial charge in [0.05, 0.1) is 0 Å². The highest BCUT2D eigenvalue weighted by molar-refractivity contribution is 6.05. The summed E-state index contributed by atoms with van der Waals surface area (Å²) in [6, 6.07) is 15.5. The molecule has 0 radical (unpaired) electrons. The third kappa shape index (κ3) is 2.49. The number of hydrogen-bond donors (Lipinski definition) is 2. The van der Waals surface area contributed by atoms with Crippen molar-refractivity contribution >= 4 is 11.5 Å². The van der Waals surface area contributed by atoms with Crippen molar-refractivity contribution in [1.82, 2.24) is 0 Å². The van der Waals surface area contributed by atoms with Crippen molar-refractivity contribution in [1.29, 1.82) is 0 Å². The van der Waals surface area contributed by atoms with Crippen LogP contribution in [0.15, 0.2) is 60.3 Å². The van der Waals surface area contributed by atoms with Crippen LogP contribution in [0, 0.1) is 0 Å². The molecule has 0 saturated carbocycles. The first-order valence-corrected chi connectivity index (χ1v) is 6.65. The van der Waals surface area contributed by atoms with Crippen molar-refractivity contribution in [3.8, 4) is 0 Å². The first kappa shape index (κ1) is 12.6. The second-order valence-electron chi connectivity index (χ2n) is 4.89. The molecule has 0 spiro atoms. The van der Waals surface area contributed by atoms with Gasteiger partial charge in [-0.15, -0.1) is 0 Å². The maximum absolute atomic E-state index is 12.2. The van der Waals surface area contributed by atoms with Crippen molar-refractivity contribution in [3.05, 3.63) is 77.0 Å². The summed E-state index contributed by atoms with van der Waals surface area (Å²) in [4.78, 5) is 12.2. The molecule has 3 heteroatoms. The van der Waals surface area contributed by atoms with Gasteiger partial charge in [0.2, 0.25) is 0 Å². The molecule has 0 aliphatic carbocycles. The molecule has 100 valence electrons. The van der Waals surface area contributed by atoms with Crippen molar-refractivity contribution < 1.29 is 4.79 Å². The van der Waals surface area contributed by atoms with E-state index in [1.165, 1.54) is 5.56 Å². The lowest BCUT2D eigenvalue weighted by Crippen LogP contribution is -2.01. The number of para-hydroxylation sites is 1. The molecule has 2 aromatic rings. The van der Waals surface area contributed by atoms with Crippen LogP contribution in [-0.2, 0) is 13.0 Å². The summed E-state index contributed by atoms with van der Waals surface area (Å²) in [5.41, 5.74) is 10.5. The Hall–Kier alpha value is -2.39. The van der Waals surface area contributed by atoms with Crippen LogP contribution in [0.1, 0.15) is 21.5 Å². The number of nitrogens with one attached hydrogen (secondary N) is 1. The normalized spacial score (nSPS) is 14.9. The number of rotatable bonds is 3. The zero-order valence-electron chi connectivity index (χ0n) is 11.1. The fraction of sp³-hybridized carbons (Fsp3) is 0.118. The molecule has 0 saturated heterocycles. The number of carbonyl (C=O) groups excluding carboxylic acids is 1. The van der Waals surface area contributed by atoms with Gasteiger partial charge in [-0.3, -0.25) is 4.79 Å². The molecule has 0 bridgehead atoms. The van der Waals surface area contributed by atoms with Crippen LogP contribution in [0.4, 0.5) is 5.69 Å². The molecule has 3 N–H and O–H groups in total. The topological polar surface area (TPSA) is 55.1 Å². The fourth-order valence-electron chi connectivity index (χ4n) is 2.35. The van der Waals surface area contributed by atoms with Crippen LogP contribution < -0.4 is 11.1 Å². The minimum Gasteiger partial charge on any atom is -0.358 e. The van der Waals surface area contributed by atoms with Gasteiger partial charge in [0.1, 0.15) is 0 Å². The minimum absolute atomic E-state index is 0.0175. The lowest BCUT2D eigenvalue weighted by molar-refractivity contribution is 0.104. The summed E-state index contributed by atoms with van der Waals surface area (Å²) in [7, 11) is 0. The summed E-state index contributed by atoms with van der Waals surface area (Å²) in [6.45, 7) is 0.492. The van der Waals surface area contributed by atoms with Crippen molar-refractivity contribution in [3.63, 3.8) is 0 Å². The van der Waals surface area contributed by atoms with Crippen molar-refractivity contribution in [2.24, 2.45) is 5.73 Å². The highest BCUT2D eigenvalue weighted by Gasteiger charge is 2.15. The number of allylic oxidation sites excluding steroid dienone is 2. The largest absolute Gasteiger partial charge is 0.358 e. The smallest absolute Gasteiger partial charge is 0.187 e. The van der Waals surface area contributed by atoms with Crippen LogP contribution in [0.3, 0.4) is 0 Å². The molecule has 1 heterocycles. The number of fused-ring (bicyclic) bond motifs is 1. The summed E-state index contributed by atoms with van der Waals surface area (Å²) in [6.07, 6.45) is 2.46. The third-order valence-electron chi connectivity index (χ3n) is 3.47. The Morgan fingerprint density at radius 1 is 1.15 bits per heavy atom. The third-order valence-corrected chi connectivity index (χ3v) is 3.47. The van der Waals surface area contributed by atoms with E-state index >= 15 is 0 Å². The molecular weight excluding hydrogens is 248 g/mol. The van der Waals surface area contributed by atoms with Gasteiger partial charge in [-0.2, -0.15) is 0 Å². The van der Waals surface area contributed by atoms with E-state index in [9.17, 15) is 4.79 Å². The number of nitrogens with two attached hydrogens (primary N) is 1. The Labute approximate surface area is 118 Å². The van der Waals surface area contributed by atoms with Crippen LogP contribution in [0.5, 0.6) is 0 Å². The van der Waals surface area contributed by atoms with Crippen molar-refractivity contribution in [2.45, 2.75) is 13.0 Å². The lowest BCUT2D eigenvalue weighted by atomic mass is 10.1. The van der Waals surface area contributed by atoms with E-state index in [4.69, 9.17) is 5.73 Å². The van der Waals surface area contributed by atoms with Gasteiger partial charge >= 0.3 is 0 Å². The highest BCUT2D eigenvalue weighted by atomic mass is 16.1. The maximum atomic E-state index is 12.2. The molecule has 3 nitrogen and oxygen atoms in total. The quantitative estimate of drug-likeness (QED) is 0.662. The standard InChI is InChI=1S/C17H16N2O/c18-11-12-5-7-13(8-6-12)17(20)10-15-9-14-3-1-2-4-16(14)19-15/h1-8,10,19H,9,11,18H2. The van der Waals surface area contributed by atoms with Gasteiger partial charge in [0.15, 0.2) is 5.78 Å². The number of anilines is 1. The average Bonchev–Trinajstić information content (AvgIpc) is 2.89. The molecule has 1 aliphatic heterocycles. The second kappa shape index (κ2) is 5.31. The lowest BCUT2D eigenvalue weighted by Gasteiger charge is -2.01. The summed E-state index contributed by atoms with van der Waals surface area (Å²) in [5.74, 6) is 0.0175. The zero-order valence-corrected chi connectivity index (χ0v) is 11.1. The number of benzene rings is 2. The summed E-state index contributed by atoms with van der Waals surface area (Å²) < 4.78 is 0. The molecule has 3 rings (SSSR count). The van der Waals surface area contributed by atoms with Gasteiger partial charge in [-0.1, -0.05) is 42.5 Å². The predicted octanol–water partition coefficient (Wildman–Crippen LogP) is 2.88. The Morgan fingerprint density at radius 3 is 2.60 bits per heavy atom. The minimum atomic E-state index is 0.0175. The Kier molecular flexibility index (Phi) is 3.35. The zero-order chi connectivity index (χ0) is 13.9. The first-order chi connectivity index (χ1) is 9.76. The molecular formula is C17H16N2O. The van der Waals surface area contributed by atoms with Gasteiger partial charge < -0.3 is 11.1 Å². The molecule has 1 aliphatic rings. The monoisotopic (exact) mass is 264 g/mol. The van der Waals surface area contributed by atoms with E-state index in [0.717, 1.165) is 23.4 Å². The van der Waals surface area contributed by atoms with E-state index in [-0.39, 0.29) is 5.78 Å². The summed E-state index contributed by atoms with van der Waals surface area (Å²) >= 11 is 0. The van der Waals surface area contributed by atoms with Crippen LogP contribution >= 0.6 is 0 Å². The van der Waals surface area contributed by atoms with Gasteiger partial charge in [-0.05, 0) is 17.2 Å². The van der Waals surface area contributed by atoms with Crippen LogP contribution in [0.25, 0.3) is 0 Å². The van der Waals surface area contributed by atoms with E-state index < -0.39 is 0 Å². The highest BCUT2D eigenvalue weighted by Crippen LogP contribution is 2.27. The van der Waals surface area contributed by atoms with Crippen LogP contribution in [0.2, 0.25) is 0 Å². The van der Waals surface area contributed by atoms with Crippen LogP contribution in [-0.4, -0.2) is 5.78 Å². The van der Waals surface area contributed by atoms with Gasteiger partial charge in [0, 0.05) is 36.0 Å². The molecule has 0 amide bonds. The SMILES string of the molecule is NCc1ccc(C(=O)C=C2Cc3ccccc3N2)cc1. The van der Waals surface area contributed by atoms with E-state index in [2.05, 4.69) is 11.4 Å². The second-order valence-corrected chi connectivity index (χ2v) is 4.89. The molecule has 0 atom stereocenters. The molecule has 0 unspecified atom stereocenters. The van der Waals surface area contributed by atoms with Gasteiger partial charge in [0.25, 0.3) is 0 Å². The van der Waals surface area contributed by atoms with Crippen molar-refractivity contribution in [2.75, 3.05) is 5.32 Å². The van der Waals surface area contributed by atoms with E-state index in [1.54, 1.807) is 6.08 Å². The Bertz CT molecular complexity index is 645. The number of carbonyl (C=O) groups is 1. The summed E-state index contributed by atoms with van der Waals surface area (Å²) in [5, 5.41) is 3.28. The van der Waals surface area contributed by atoms with Gasteiger partial charge in [-0.25, -0.2) is 0 Å². The predicted molar refractivity (Wildman–Crippen MR) is 80.5 cm³/mol. The Morgan fingerprint density at radius 2 is 1.90 bits per heavy atom. The molecule has 20 heavy (non-hydrogen) atoms. The molecule has 2 aromatic carbocycles. The molecule has 0 aromatic heterocycles.